The maximum atomic E-state index is 13.2. The second-order valence-electron chi connectivity index (χ2n) is 6.80. The van der Waals surface area contributed by atoms with Gasteiger partial charge in [0.1, 0.15) is 5.92 Å². The Bertz CT molecular complexity index is 862. The first-order valence-corrected chi connectivity index (χ1v) is 9.29. The second kappa shape index (κ2) is 7.34. The summed E-state index contributed by atoms with van der Waals surface area (Å²) in [6.07, 6.45) is 0.465. The number of phenolic OH excluding ortho intramolecular Hbond substituents is 1. The molecule has 0 aromatic heterocycles. The van der Waals surface area contributed by atoms with E-state index in [-0.39, 0.29) is 35.5 Å². The van der Waals surface area contributed by atoms with Gasteiger partial charge in [0.15, 0.2) is 17.3 Å². The van der Waals surface area contributed by atoms with Gasteiger partial charge in [-0.25, -0.2) is 0 Å². The highest BCUT2D eigenvalue weighted by Crippen LogP contribution is 2.45. The molecule has 3 atom stereocenters. The number of ether oxygens (including phenoxy) is 2. The topological polar surface area (TPSA) is 102 Å². The van der Waals surface area contributed by atoms with E-state index in [9.17, 15) is 19.5 Å². The fourth-order valence-electron chi connectivity index (χ4n) is 3.83. The minimum absolute atomic E-state index is 0.0627. The second-order valence-corrected chi connectivity index (χ2v) is 7.65. The van der Waals surface area contributed by atoms with Crippen LogP contribution in [-0.2, 0) is 19.1 Å². The van der Waals surface area contributed by atoms with E-state index in [2.05, 4.69) is 21.2 Å². The van der Waals surface area contributed by atoms with E-state index >= 15 is 0 Å². The number of ketones is 1. The summed E-state index contributed by atoms with van der Waals surface area (Å²) in [5.41, 5.74) is 1.62. The lowest BCUT2D eigenvalue weighted by atomic mass is 9.70. The van der Waals surface area contributed by atoms with Gasteiger partial charge in [-0.3, -0.25) is 14.4 Å². The maximum absolute atomic E-state index is 13.2. The number of carbonyl (C=O) groups excluding carboxylic acids is 3. The molecule has 7 nitrogen and oxygen atoms in total. The van der Waals surface area contributed by atoms with E-state index in [0.29, 0.717) is 27.7 Å². The van der Waals surface area contributed by atoms with Gasteiger partial charge in [-0.2, -0.15) is 0 Å². The van der Waals surface area contributed by atoms with Crippen LogP contribution in [0.1, 0.15) is 31.2 Å². The average Bonchev–Trinajstić information content (AvgIpc) is 2.62. The summed E-state index contributed by atoms with van der Waals surface area (Å²) >= 11 is 3.27. The molecule has 1 aromatic rings. The van der Waals surface area contributed by atoms with Crippen molar-refractivity contribution >= 4 is 33.6 Å². The smallest absolute Gasteiger partial charge is 0.316 e. The number of aromatic hydroxyl groups is 1. The Balaban J connectivity index is 2.12. The molecule has 2 aliphatic rings. The summed E-state index contributed by atoms with van der Waals surface area (Å²) in [5.74, 6) is -2.63. The monoisotopic (exact) mass is 437 g/mol. The molecule has 27 heavy (non-hydrogen) atoms. The number of amides is 1. The number of methoxy groups -OCH3 is 2. The molecule has 1 aliphatic heterocycles. The van der Waals surface area contributed by atoms with Gasteiger partial charge in [0, 0.05) is 23.6 Å². The number of halogens is 1. The number of allylic oxidation sites excluding steroid dienone is 2. The van der Waals surface area contributed by atoms with Gasteiger partial charge in [-0.15, -0.1) is 0 Å². The number of phenols is 1. The van der Waals surface area contributed by atoms with Crippen molar-refractivity contribution in [3.63, 3.8) is 0 Å². The van der Waals surface area contributed by atoms with Crippen molar-refractivity contribution < 1.29 is 29.0 Å². The SMILES string of the molecule is COC(=O)[C@H]1C(=O)C2=C(C[C@H]1C)NC(=O)C[C@@H]2c1cc(Br)c(O)c(OC)c1. The number of hydrogen-bond acceptors (Lipinski definition) is 6. The molecule has 2 N–H and O–H groups in total. The molecule has 0 radical (unpaired) electrons. The van der Waals surface area contributed by atoms with Crippen molar-refractivity contribution in [2.75, 3.05) is 14.2 Å². The number of carbonyl (C=O) groups is 3. The molecule has 8 heteroatoms. The Labute approximate surface area is 164 Å². The molecule has 0 bridgehead atoms. The molecular weight excluding hydrogens is 418 g/mol. The van der Waals surface area contributed by atoms with Gasteiger partial charge in [0.25, 0.3) is 0 Å². The number of rotatable bonds is 3. The van der Waals surface area contributed by atoms with Gasteiger partial charge in [0.2, 0.25) is 5.91 Å². The molecule has 0 spiro atoms. The molecule has 0 saturated carbocycles. The Hall–Kier alpha value is -2.35. The Morgan fingerprint density at radius 2 is 1.96 bits per heavy atom. The van der Waals surface area contributed by atoms with Crippen molar-refractivity contribution in [2.45, 2.75) is 25.7 Å². The molecule has 1 amide bonds. The number of Topliss-reactive ketones (excluding diaryl/α,β-unsaturated/α-hetero) is 1. The van der Waals surface area contributed by atoms with Crippen LogP contribution in [0, 0.1) is 11.8 Å². The molecule has 1 heterocycles. The zero-order valence-electron chi connectivity index (χ0n) is 15.2. The van der Waals surface area contributed by atoms with E-state index in [1.165, 1.54) is 14.2 Å². The number of nitrogens with one attached hydrogen (secondary N) is 1. The summed E-state index contributed by atoms with van der Waals surface area (Å²) in [4.78, 5) is 37.6. The highest BCUT2D eigenvalue weighted by atomic mass is 79.9. The van der Waals surface area contributed by atoms with Gasteiger partial charge in [-0.1, -0.05) is 6.92 Å². The fraction of sp³-hybridized carbons (Fsp3) is 0.421. The van der Waals surface area contributed by atoms with Crippen molar-refractivity contribution in [3.05, 3.63) is 33.4 Å². The standard InChI is InChI=1S/C19H20BrNO6/c1-8-4-12-16(18(24)15(8)19(25)27-3)10(7-14(22)21-12)9-5-11(20)17(23)13(6-9)26-2/h5-6,8,10,15,23H,4,7H2,1-3H3,(H,21,22)/t8-,10-,15-/m1/s1. The Morgan fingerprint density at radius 3 is 2.59 bits per heavy atom. The summed E-state index contributed by atoms with van der Waals surface area (Å²) in [6.45, 7) is 1.79. The number of esters is 1. The quantitative estimate of drug-likeness (QED) is 0.555. The molecule has 0 fully saturated rings. The van der Waals surface area contributed by atoms with Crippen molar-refractivity contribution in [1.82, 2.24) is 5.32 Å². The van der Waals surface area contributed by atoms with Crippen molar-refractivity contribution in [3.8, 4) is 11.5 Å². The maximum Gasteiger partial charge on any atom is 0.316 e. The molecule has 0 saturated heterocycles. The van der Waals surface area contributed by atoms with E-state index in [4.69, 9.17) is 9.47 Å². The third-order valence-corrected chi connectivity index (χ3v) is 5.73. The lowest BCUT2D eigenvalue weighted by molar-refractivity contribution is -0.151. The Morgan fingerprint density at radius 1 is 1.26 bits per heavy atom. The highest BCUT2D eigenvalue weighted by Gasteiger charge is 2.45. The van der Waals surface area contributed by atoms with E-state index in [1.807, 2.05) is 0 Å². The predicted molar refractivity (Wildman–Crippen MR) is 99.2 cm³/mol. The van der Waals surface area contributed by atoms with E-state index < -0.39 is 17.8 Å². The number of hydrogen-bond donors (Lipinski definition) is 2. The lowest BCUT2D eigenvalue weighted by Gasteiger charge is -2.36. The molecule has 1 aliphatic carbocycles. The zero-order valence-corrected chi connectivity index (χ0v) is 16.8. The van der Waals surface area contributed by atoms with Gasteiger partial charge < -0.3 is 19.9 Å². The van der Waals surface area contributed by atoms with Crippen LogP contribution in [-0.4, -0.2) is 37.0 Å². The molecule has 1 aromatic carbocycles. The minimum Gasteiger partial charge on any atom is -0.503 e. The first-order valence-electron chi connectivity index (χ1n) is 8.49. The first-order chi connectivity index (χ1) is 12.8. The van der Waals surface area contributed by atoms with E-state index in [1.54, 1.807) is 19.1 Å². The first kappa shape index (κ1) is 19.4. The van der Waals surface area contributed by atoms with Crippen molar-refractivity contribution in [1.29, 1.82) is 0 Å². The zero-order chi connectivity index (χ0) is 19.9. The van der Waals surface area contributed by atoms with Crippen LogP contribution in [0.3, 0.4) is 0 Å². The number of benzene rings is 1. The molecular formula is C19H20BrNO6. The summed E-state index contributed by atoms with van der Waals surface area (Å²) in [6, 6.07) is 3.26. The van der Waals surface area contributed by atoms with Crippen LogP contribution in [0.25, 0.3) is 0 Å². The average molecular weight is 438 g/mol. The van der Waals surface area contributed by atoms with Crippen molar-refractivity contribution in [2.24, 2.45) is 11.8 Å². The van der Waals surface area contributed by atoms with Crippen LogP contribution in [0.15, 0.2) is 27.9 Å². The summed E-state index contributed by atoms with van der Waals surface area (Å²) in [5, 5.41) is 12.8. The Kier molecular flexibility index (Phi) is 5.28. The molecule has 3 rings (SSSR count). The van der Waals surface area contributed by atoms with Crippen LogP contribution < -0.4 is 10.1 Å². The van der Waals surface area contributed by atoms with Gasteiger partial charge >= 0.3 is 5.97 Å². The molecule has 0 unspecified atom stereocenters. The van der Waals surface area contributed by atoms with Crippen LogP contribution in [0.4, 0.5) is 0 Å². The third-order valence-electron chi connectivity index (χ3n) is 5.12. The normalized spacial score (nSPS) is 25.0. The largest absolute Gasteiger partial charge is 0.503 e. The summed E-state index contributed by atoms with van der Waals surface area (Å²) < 4.78 is 10.4. The van der Waals surface area contributed by atoms with Crippen LogP contribution in [0.2, 0.25) is 0 Å². The third kappa shape index (κ3) is 3.34. The van der Waals surface area contributed by atoms with Crippen LogP contribution in [0.5, 0.6) is 11.5 Å². The minimum atomic E-state index is -0.895. The predicted octanol–water partition coefficient (Wildman–Crippen LogP) is 2.42. The highest BCUT2D eigenvalue weighted by molar-refractivity contribution is 9.10. The molecule has 144 valence electrons. The lowest BCUT2D eigenvalue weighted by Crippen LogP contribution is -2.44. The van der Waals surface area contributed by atoms with Gasteiger partial charge in [-0.05, 0) is 46.0 Å². The van der Waals surface area contributed by atoms with Gasteiger partial charge in [0.05, 0.1) is 18.7 Å². The van der Waals surface area contributed by atoms with E-state index in [0.717, 1.165) is 0 Å². The van der Waals surface area contributed by atoms with Crippen LogP contribution >= 0.6 is 15.9 Å². The summed E-state index contributed by atoms with van der Waals surface area (Å²) in [7, 11) is 2.68. The fourth-order valence-corrected chi connectivity index (χ4v) is 4.29.